The first-order chi connectivity index (χ1) is 9.97. The first-order valence-corrected chi connectivity index (χ1v) is 9.58. The zero-order chi connectivity index (χ0) is 15.9. The second-order valence-corrected chi connectivity index (χ2v) is 7.78. The van der Waals surface area contributed by atoms with Gasteiger partial charge in [0.1, 0.15) is 0 Å². The predicted molar refractivity (Wildman–Crippen MR) is 87.2 cm³/mol. The highest BCUT2D eigenvalue weighted by molar-refractivity contribution is 7.89. The minimum Gasteiger partial charge on any atom is -0.383 e. The molecule has 1 aromatic heterocycles. The monoisotopic (exact) mass is 334 g/mol. The minimum absolute atomic E-state index is 0.0396. The summed E-state index contributed by atoms with van der Waals surface area (Å²) in [5, 5.41) is 4.94. The van der Waals surface area contributed by atoms with Crippen LogP contribution in [0, 0.1) is 0 Å². The molecule has 0 aromatic carbocycles. The Balaban J connectivity index is 2.96. The molecule has 1 unspecified atom stereocenters. The van der Waals surface area contributed by atoms with Gasteiger partial charge in [0, 0.05) is 36.5 Å². The van der Waals surface area contributed by atoms with Crippen LogP contribution in [0.5, 0.6) is 0 Å². The van der Waals surface area contributed by atoms with Crippen molar-refractivity contribution in [3.8, 4) is 0 Å². The molecule has 1 aromatic rings. The Hall–Kier alpha value is -0.470. The van der Waals surface area contributed by atoms with Gasteiger partial charge in [-0.25, -0.2) is 8.42 Å². The summed E-state index contributed by atoms with van der Waals surface area (Å²) < 4.78 is 32.1. The molecule has 5 nitrogen and oxygen atoms in total. The molecule has 0 bridgehead atoms. The molecule has 21 heavy (non-hydrogen) atoms. The summed E-state index contributed by atoms with van der Waals surface area (Å²) in [6.07, 6.45) is 0.775. The molecule has 122 valence electrons. The number of hydrogen-bond acceptors (Lipinski definition) is 5. The molecular weight excluding hydrogens is 308 g/mol. The zero-order valence-corrected chi connectivity index (χ0v) is 14.9. The van der Waals surface area contributed by atoms with Crippen LogP contribution in [-0.4, -0.2) is 45.6 Å². The molecule has 1 rings (SSSR count). The van der Waals surface area contributed by atoms with Crippen molar-refractivity contribution in [1.82, 2.24) is 9.62 Å². The topological polar surface area (TPSA) is 58.6 Å². The third kappa shape index (κ3) is 5.03. The minimum atomic E-state index is -3.45. The Morgan fingerprint density at radius 1 is 1.43 bits per heavy atom. The fraction of sp³-hybridized carbons (Fsp3) is 0.714. The van der Waals surface area contributed by atoms with Crippen molar-refractivity contribution in [3.05, 3.63) is 16.3 Å². The fourth-order valence-electron chi connectivity index (χ4n) is 1.93. The third-order valence-corrected chi connectivity index (χ3v) is 6.46. The lowest BCUT2D eigenvalue weighted by atomic mass is 10.3. The van der Waals surface area contributed by atoms with Gasteiger partial charge < -0.3 is 10.1 Å². The summed E-state index contributed by atoms with van der Waals surface area (Å²) in [7, 11) is -1.87. The first kappa shape index (κ1) is 18.6. The number of ether oxygens (including phenoxy) is 1. The van der Waals surface area contributed by atoms with Crippen molar-refractivity contribution >= 4 is 21.4 Å². The highest BCUT2D eigenvalue weighted by atomic mass is 32.2. The molecule has 0 aliphatic heterocycles. The highest BCUT2D eigenvalue weighted by Gasteiger charge is 2.28. The molecule has 0 radical (unpaired) electrons. The van der Waals surface area contributed by atoms with Gasteiger partial charge in [0.05, 0.1) is 11.5 Å². The average molecular weight is 335 g/mol. The van der Waals surface area contributed by atoms with Crippen LogP contribution in [0.25, 0.3) is 0 Å². The summed E-state index contributed by atoms with van der Waals surface area (Å²) in [5.41, 5.74) is 0. The quantitative estimate of drug-likeness (QED) is 0.713. The number of thiophene rings is 1. The van der Waals surface area contributed by atoms with Crippen LogP contribution in [0.2, 0.25) is 0 Å². The van der Waals surface area contributed by atoms with Crippen LogP contribution in [0.3, 0.4) is 0 Å². The van der Waals surface area contributed by atoms with Crippen LogP contribution in [0.4, 0.5) is 0 Å². The Kier molecular flexibility index (Phi) is 7.83. The summed E-state index contributed by atoms with van der Waals surface area (Å²) in [4.78, 5) is 1.42. The molecule has 0 amide bonds. The van der Waals surface area contributed by atoms with Crippen molar-refractivity contribution in [2.75, 3.05) is 26.8 Å². The molecule has 0 aliphatic carbocycles. The normalized spacial score (nSPS) is 13.8. The molecule has 0 spiro atoms. The summed E-state index contributed by atoms with van der Waals surface area (Å²) in [5.74, 6) is 0. The number of sulfonamides is 1. The van der Waals surface area contributed by atoms with Crippen molar-refractivity contribution < 1.29 is 13.2 Å². The van der Waals surface area contributed by atoms with Gasteiger partial charge in [0.15, 0.2) is 0 Å². The Labute approximate surface area is 132 Å². The van der Waals surface area contributed by atoms with Gasteiger partial charge in [0.25, 0.3) is 0 Å². The Bertz CT molecular complexity index is 514. The molecule has 1 N–H and O–H groups in total. The van der Waals surface area contributed by atoms with E-state index in [1.165, 1.54) is 15.6 Å². The van der Waals surface area contributed by atoms with E-state index in [9.17, 15) is 8.42 Å². The largest absolute Gasteiger partial charge is 0.383 e. The van der Waals surface area contributed by atoms with E-state index in [0.717, 1.165) is 17.8 Å². The number of hydrogen-bond donors (Lipinski definition) is 1. The van der Waals surface area contributed by atoms with Crippen LogP contribution in [-0.2, 0) is 21.3 Å². The Morgan fingerprint density at radius 3 is 2.71 bits per heavy atom. The Morgan fingerprint density at radius 2 is 2.14 bits per heavy atom. The average Bonchev–Trinajstić information content (AvgIpc) is 2.94. The summed E-state index contributed by atoms with van der Waals surface area (Å²) in [6.45, 7) is 8.30. The maximum Gasteiger partial charge on any atom is 0.244 e. The van der Waals surface area contributed by atoms with E-state index < -0.39 is 10.0 Å². The van der Waals surface area contributed by atoms with E-state index in [2.05, 4.69) is 5.32 Å². The molecule has 1 heterocycles. The molecule has 7 heteroatoms. The molecule has 0 saturated heterocycles. The second-order valence-electron chi connectivity index (χ2n) is 4.89. The smallest absolute Gasteiger partial charge is 0.244 e. The van der Waals surface area contributed by atoms with Gasteiger partial charge in [-0.05, 0) is 26.0 Å². The van der Waals surface area contributed by atoms with Crippen LogP contribution < -0.4 is 5.32 Å². The van der Waals surface area contributed by atoms with Crippen molar-refractivity contribution in [1.29, 1.82) is 0 Å². The summed E-state index contributed by atoms with van der Waals surface area (Å²) in [6, 6.07) is 1.73. The SMILES string of the molecule is CCNCc1cc(S(=O)(=O)N(CCOC)C(C)CC)cs1. The van der Waals surface area contributed by atoms with Crippen LogP contribution in [0.1, 0.15) is 32.1 Å². The number of nitrogens with one attached hydrogen (secondary N) is 1. The molecular formula is C14H26N2O3S2. The summed E-state index contributed by atoms with van der Waals surface area (Å²) >= 11 is 1.48. The van der Waals surface area contributed by atoms with E-state index in [1.54, 1.807) is 18.6 Å². The zero-order valence-electron chi connectivity index (χ0n) is 13.3. The van der Waals surface area contributed by atoms with Crippen molar-refractivity contribution in [3.63, 3.8) is 0 Å². The number of nitrogens with zero attached hydrogens (tertiary/aromatic N) is 1. The molecule has 0 saturated carbocycles. The van der Waals surface area contributed by atoms with Gasteiger partial charge >= 0.3 is 0 Å². The fourth-order valence-corrected chi connectivity index (χ4v) is 4.86. The van der Waals surface area contributed by atoms with E-state index in [4.69, 9.17) is 4.74 Å². The van der Waals surface area contributed by atoms with Gasteiger partial charge in [0.2, 0.25) is 10.0 Å². The molecule has 0 fully saturated rings. The molecule has 0 aliphatic rings. The lowest BCUT2D eigenvalue weighted by Crippen LogP contribution is -2.40. The van der Waals surface area contributed by atoms with Gasteiger partial charge in [-0.15, -0.1) is 11.3 Å². The predicted octanol–water partition coefficient (Wildman–Crippen LogP) is 2.29. The first-order valence-electron chi connectivity index (χ1n) is 7.26. The van der Waals surface area contributed by atoms with Gasteiger partial charge in [-0.3, -0.25) is 0 Å². The highest BCUT2D eigenvalue weighted by Crippen LogP contribution is 2.24. The van der Waals surface area contributed by atoms with E-state index >= 15 is 0 Å². The van der Waals surface area contributed by atoms with Crippen molar-refractivity contribution in [2.24, 2.45) is 0 Å². The van der Waals surface area contributed by atoms with Crippen molar-refractivity contribution in [2.45, 2.75) is 44.7 Å². The van der Waals surface area contributed by atoms with E-state index in [0.29, 0.717) is 24.6 Å². The number of methoxy groups -OCH3 is 1. The number of rotatable bonds is 10. The van der Waals surface area contributed by atoms with Crippen LogP contribution in [0.15, 0.2) is 16.3 Å². The standard InChI is InChI=1S/C14H26N2O3S2/c1-5-12(3)16(7-8-19-4)21(17,18)14-9-13(20-11-14)10-15-6-2/h9,11-12,15H,5-8,10H2,1-4H3. The van der Waals surface area contributed by atoms with E-state index in [-0.39, 0.29) is 6.04 Å². The second kappa shape index (κ2) is 8.85. The maximum atomic E-state index is 12.8. The van der Waals surface area contributed by atoms with Crippen LogP contribution >= 0.6 is 11.3 Å². The van der Waals surface area contributed by atoms with Gasteiger partial charge in [-0.2, -0.15) is 4.31 Å². The lowest BCUT2D eigenvalue weighted by Gasteiger charge is -2.26. The third-order valence-electron chi connectivity index (χ3n) is 3.38. The molecule has 1 atom stereocenters. The maximum absolute atomic E-state index is 12.8. The lowest BCUT2D eigenvalue weighted by molar-refractivity contribution is 0.167. The van der Waals surface area contributed by atoms with E-state index in [1.807, 2.05) is 20.8 Å². The van der Waals surface area contributed by atoms with Gasteiger partial charge in [-0.1, -0.05) is 13.8 Å².